The van der Waals surface area contributed by atoms with Crippen LogP contribution in [0.4, 0.5) is 22.4 Å². The normalized spacial score (nSPS) is 18.1. The van der Waals surface area contributed by atoms with Gasteiger partial charge >= 0.3 is 6.09 Å². The molecule has 3 aromatic rings. The Morgan fingerprint density at radius 3 is 2.56 bits per heavy atom. The van der Waals surface area contributed by atoms with Crippen molar-refractivity contribution in [2.75, 3.05) is 50.0 Å². The van der Waals surface area contributed by atoms with Crippen molar-refractivity contribution in [3.8, 4) is 0 Å². The number of piperazine rings is 1. The summed E-state index contributed by atoms with van der Waals surface area (Å²) in [7, 11) is 0. The van der Waals surface area contributed by atoms with Gasteiger partial charge in [0.1, 0.15) is 24.4 Å². The molecule has 1 aromatic carbocycles. The summed E-state index contributed by atoms with van der Waals surface area (Å²) in [5, 5.41) is 25.5. The minimum atomic E-state index is -0.576. The van der Waals surface area contributed by atoms with Gasteiger partial charge in [0.25, 0.3) is 0 Å². The molecule has 222 valence electrons. The molecule has 2 fully saturated rings. The molecule has 41 heavy (non-hydrogen) atoms. The number of hydrogen-bond donors (Lipinski definition) is 2. The first-order valence-corrected chi connectivity index (χ1v) is 14.5. The molecule has 2 N–H and O–H groups in total. The predicted molar refractivity (Wildman–Crippen MR) is 159 cm³/mol. The lowest BCUT2D eigenvalue weighted by Crippen LogP contribution is -2.59. The van der Waals surface area contributed by atoms with Crippen molar-refractivity contribution < 1.29 is 14.3 Å². The molecular formula is C29H42N8O4. The van der Waals surface area contributed by atoms with E-state index in [2.05, 4.69) is 29.6 Å². The molecule has 2 aliphatic rings. The standard InChI is InChI=1S/C29H42N8O4/c1-20(2)23-19-31-36-25(23)33-26(32-22-10-16-40-17-11-22)34-27(36)30-18-21-8-6-7-9-24(21)37(39)14-12-35(13-15-37)28(38)41-29(3,4)5/h6-9,19-20,22H,10-18H2,1-5H3,(H2,30,32,33,34). The van der Waals surface area contributed by atoms with E-state index in [1.807, 2.05) is 51.2 Å². The van der Waals surface area contributed by atoms with Crippen LogP contribution < -0.4 is 15.3 Å². The fourth-order valence-corrected chi connectivity index (χ4v) is 5.28. The van der Waals surface area contributed by atoms with E-state index >= 15 is 0 Å². The van der Waals surface area contributed by atoms with Crippen molar-refractivity contribution in [3.05, 3.63) is 46.8 Å². The monoisotopic (exact) mass is 566 g/mol. The van der Waals surface area contributed by atoms with E-state index in [9.17, 15) is 10.0 Å². The van der Waals surface area contributed by atoms with E-state index in [0.717, 1.165) is 42.8 Å². The number of carbonyl (C=O) groups is 1. The molecule has 0 spiro atoms. The Morgan fingerprint density at radius 2 is 1.88 bits per heavy atom. The number of hydroxylamine groups is 2. The van der Waals surface area contributed by atoms with Crippen LogP contribution in [0, 0.1) is 5.21 Å². The first-order valence-electron chi connectivity index (χ1n) is 14.5. The average Bonchev–Trinajstić information content (AvgIpc) is 3.36. The number of amides is 1. The second kappa shape index (κ2) is 11.8. The van der Waals surface area contributed by atoms with E-state index in [1.165, 1.54) is 0 Å². The number of fused-ring (bicyclic) bond motifs is 1. The van der Waals surface area contributed by atoms with Crippen molar-refractivity contribution in [2.24, 2.45) is 0 Å². The Balaban J connectivity index is 1.35. The summed E-state index contributed by atoms with van der Waals surface area (Å²) in [5.74, 6) is 1.35. The van der Waals surface area contributed by atoms with Crippen molar-refractivity contribution in [1.82, 2.24) is 29.1 Å². The van der Waals surface area contributed by atoms with Crippen molar-refractivity contribution in [1.29, 1.82) is 0 Å². The molecule has 0 radical (unpaired) electrons. The molecule has 0 aliphatic carbocycles. The van der Waals surface area contributed by atoms with Gasteiger partial charge < -0.3 is 30.0 Å². The highest BCUT2D eigenvalue weighted by atomic mass is 16.6. The third-order valence-electron chi connectivity index (χ3n) is 7.55. The number of hydrogen-bond acceptors (Lipinski definition) is 9. The molecule has 2 aromatic heterocycles. The largest absolute Gasteiger partial charge is 0.627 e. The highest BCUT2D eigenvalue weighted by Crippen LogP contribution is 2.30. The van der Waals surface area contributed by atoms with Crippen LogP contribution in [0.15, 0.2) is 30.5 Å². The lowest BCUT2D eigenvalue weighted by molar-refractivity contribution is 0.0180. The van der Waals surface area contributed by atoms with Gasteiger partial charge in [-0.15, -0.1) is 0 Å². The summed E-state index contributed by atoms with van der Waals surface area (Å²) in [4.78, 5) is 23.8. The molecule has 0 bridgehead atoms. The molecular weight excluding hydrogens is 524 g/mol. The van der Waals surface area contributed by atoms with Gasteiger partial charge in [-0.05, 0) is 45.6 Å². The number of para-hydroxylation sites is 1. The number of anilines is 2. The van der Waals surface area contributed by atoms with Crippen LogP contribution in [0.3, 0.4) is 0 Å². The first kappa shape index (κ1) is 29.0. The maximum Gasteiger partial charge on any atom is 0.410 e. The molecule has 12 heteroatoms. The van der Waals surface area contributed by atoms with Crippen LogP contribution in [-0.4, -0.2) is 81.6 Å². The fraction of sp³-hybridized carbons (Fsp3) is 0.586. The minimum absolute atomic E-state index is 0.245. The number of rotatable bonds is 7. The number of aromatic nitrogens is 4. The maximum absolute atomic E-state index is 14.0. The Morgan fingerprint density at radius 1 is 1.17 bits per heavy atom. The lowest BCUT2D eigenvalue weighted by Gasteiger charge is -2.48. The third kappa shape index (κ3) is 6.71. The zero-order chi connectivity index (χ0) is 29.2. The first-order chi connectivity index (χ1) is 19.5. The summed E-state index contributed by atoms with van der Waals surface area (Å²) in [6.07, 6.45) is 3.26. The van der Waals surface area contributed by atoms with E-state index in [4.69, 9.17) is 19.4 Å². The minimum Gasteiger partial charge on any atom is -0.627 e. The van der Waals surface area contributed by atoms with Crippen molar-refractivity contribution in [3.63, 3.8) is 0 Å². The van der Waals surface area contributed by atoms with Crippen molar-refractivity contribution in [2.45, 2.75) is 71.6 Å². The van der Waals surface area contributed by atoms with Gasteiger partial charge in [-0.2, -0.15) is 19.6 Å². The van der Waals surface area contributed by atoms with Gasteiger partial charge in [0.05, 0.1) is 19.3 Å². The molecule has 4 heterocycles. The number of nitrogens with zero attached hydrogens (tertiary/aromatic N) is 6. The van der Waals surface area contributed by atoms with Crippen LogP contribution >= 0.6 is 0 Å². The van der Waals surface area contributed by atoms with Crippen LogP contribution in [0.25, 0.3) is 5.65 Å². The Hall–Kier alpha value is -3.48. The zero-order valence-electron chi connectivity index (χ0n) is 24.7. The molecule has 12 nitrogen and oxygen atoms in total. The van der Waals surface area contributed by atoms with E-state index in [-0.39, 0.29) is 31.1 Å². The second-order valence-corrected chi connectivity index (χ2v) is 12.2. The number of carbonyl (C=O) groups excluding carboxylic acids is 1. The molecule has 5 rings (SSSR count). The number of benzene rings is 1. The summed E-state index contributed by atoms with van der Waals surface area (Å²) in [6, 6.07) is 7.91. The van der Waals surface area contributed by atoms with Crippen molar-refractivity contribution >= 4 is 29.3 Å². The highest BCUT2D eigenvalue weighted by molar-refractivity contribution is 5.68. The lowest BCUT2D eigenvalue weighted by atomic mass is 10.1. The molecule has 0 saturated carbocycles. The summed E-state index contributed by atoms with van der Waals surface area (Å²) < 4.78 is 12.2. The SMILES string of the molecule is CC(C)c1cnn2c(NCc3ccccc3[N+]3([O-])CCN(C(=O)OC(C)(C)C)CC3)nc(NC3CCOCC3)nc12. The summed E-state index contributed by atoms with van der Waals surface area (Å²) >= 11 is 0. The van der Waals surface area contributed by atoms with Gasteiger partial charge in [0, 0.05) is 36.9 Å². The molecule has 0 atom stereocenters. The zero-order valence-corrected chi connectivity index (χ0v) is 24.7. The quantitative estimate of drug-likeness (QED) is 0.314. The molecule has 1 amide bonds. The number of nitrogens with one attached hydrogen (secondary N) is 2. The van der Waals surface area contributed by atoms with Gasteiger partial charge in [-0.25, -0.2) is 4.79 Å². The van der Waals surface area contributed by atoms with Gasteiger partial charge in [-0.1, -0.05) is 32.0 Å². The summed E-state index contributed by atoms with van der Waals surface area (Å²) in [5.41, 5.74) is 2.77. The maximum atomic E-state index is 14.0. The molecule has 2 saturated heterocycles. The number of quaternary nitrogens is 1. The van der Waals surface area contributed by atoms with Gasteiger partial charge in [0.2, 0.25) is 11.9 Å². The topological polar surface area (TPSA) is 129 Å². The Bertz CT molecular complexity index is 1350. The third-order valence-corrected chi connectivity index (χ3v) is 7.55. The highest BCUT2D eigenvalue weighted by Gasteiger charge is 2.33. The smallest absolute Gasteiger partial charge is 0.410 e. The van der Waals surface area contributed by atoms with Crippen LogP contribution in [0.2, 0.25) is 0 Å². The van der Waals surface area contributed by atoms with Gasteiger partial charge in [-0.3, -0.25) is 4.90 Å². The average molecular weight is 567 g/mol. The van der Waals surface area contributed by atoms with Crippen LogP contribution in [0.5, 0.6) is 0 Å². The van der Waals surface area contributed by atoms with Crippen LogP contribution in [-0.2, 0) is 16.0 Å². The number of ether oxygens (including phenoxy) is 2. The van der Waals surface area contributed by atoms with E-state index < -0.39 is 10.2 Å². The second-order valence-electron chi connectivity index (χ2n) is 12.2. The fourth-order valence-electron chi connectivity index (χ4n) is 5.28. The Labute approximate surface area is 241 Å². The molecule has 2 aliphatic heterocycles. The van der Waals surface area contributed by atoms with Crippen LogP contribution in [0.1, 0.15) is 64.5 Å². The summed E-state index contributed by atoms with van der Waals surface area (Å²) in [6.45, 7) is 12.8. The molecule has 0 unspecified atom stereocenters. The van der Waals surface area contributed by atoms with E-state index in [0.29, 0.717) is 37.2 Å². The van der Waals surface area contributed by atoms with E-state index in [1.54, 1.807) is 9.42 Å². The Kier molecular flexibility index (Phi) is 8.35. The van der Waals surface area contributed by atoms with Gasteiger partial charge in [0.15, 0.2) is 5.65 Å². The predicted octanol–water partition coefficient (Wildman–Crippen LogP) is 4.51.